The third-order valence-corrected chi connectivity index (χ3v) is 4.69. The molecule has 0 saturated heterocycles. The molecule has 0 radical (unpaired) electrons. The number of para-hydroxylation sites is 1. The number of hydrogen-bond acceptors (Lipinski definition) is 3. The van der Waals surface area contributed by atoms with Crippen LogP contribution in [0.3, 0.4) is 0 Å². The van der Waals surface area contributed by atoms with E-state index >= 15 is 0 Å². The van der Waals surface area contributed by atoms with E-state index in [4.69, 9.17) is 4.74 Å². The number of aliphatic hydroxyl groups excluding tert-OH is 1. The fourth-order valence-corrected chi connectivity index (χ4v) is 3.54. The molecule has 2 aliphatic rings. The summed E-state index contributed by atoms with van der Waals surface area (Å²) in [4.78, 5) is 0. The van der Waals surface area contributed by atoms with Crippen LogP contribution in [-0.4, -0.2) is 22.9 Å². The van der Waals surface area contributed by atoms with Gasteiger partial charge in [0.05, 0.1) is 6.61 Å². The second-order valence-corrected chi connectivity index (χ2v) is 6.94. The van der Waals surface area contributed by atoms with Crippen LogP contribution in [0.2, 0.25) is 0 Å². The monoisotopic (exact) mass is 275 g/mol. The smallest absolute Gasteiger partial charge is 0.127 e. The van der Waals surface area contributed by atoms with E-state index in [1.54, 1.807) is 0 Å². The zero-order valence-electron chi connectivity index (χ0n) is 12.5. The van der Waals surface area contributed by atoms with Crippen LogP contribution in [0.1, 0.15) is 50.7 Å². The number of ether oxygens (including phenoxy) is 1. The van der Waals surface area contributed by atoms with Crippen LogP contribution in [-0.2, 0) is 13.0 Å². The lowest BCUT2D eigenvalue weighted by Crippen LogP contribution is -2.45. The van der Waals surface area contributed by atoms with Crippen molar-refractivity contribution >= 4 is 0 Å². The van der Waals surface area contributed by atoms with Gasteiger partial charge < -0.3 is 15.2 Å². The fourth-order valence-electron chi connectivity index (χ4n) is 3.54. The molecule has 0 unspecified atom stereocenters. The van der Waals surface area contributed by atoms with Gasteiger partial charge in [0, 0.05) is 24.1 Å². The Balaban J connectivity index is 1.75. The van der Waals surface area contributed by atoms with Crippen LogP contribution in [0.5, 0.6) is 5.75 Å². The summed E-state index contributed by atoms with van der Waals surface area (Å²) in [5.74, 6) is 1.05. The number of benzene rings is 1. The van der Waals surface area contributed by atoms with Crippen LogP contribution in [0, 0.1) is 0 Å². The molecule has 1 aromatic rings. The second-order valence-electron chi connectivity index (χ2n) is 6.94. The highest BCUT2D eigenvalue weighted by Crippen LogP contribution is 2.38. The fraction of sp³-hybridized carbons (Fsp3) is 0.647. The van der Waals surface area contributed by atoms with Crippen LogP contribution < -0.4 is 10.1 Å². The molecular formula is C17H25NO2. The lowest BCUT2D eigenvalue weighted by Gasteiger charge is -2.28. The molecular weight excluding hydrogens is 250 g/mol. The maximum Gasteiger partial charge on any atom is 0.127 e. The first-order valence-electron chi connectivity index (χ1n) is 7.69. The van der Waals surface area contributed by atoms with E-state index in [1.165, 1.54) is 24.0 Å². The number of rotatable bonds is 4. The average Bonchev–Trinajstić information content (AvgIpc) is 2.99. The average molecular weight is 275 g/mol. The first kappa shape index (κ1) is 13.9. The van der Waals surface area contributed by atoms with Gasteiger partial charge in [0.25, 0.3) is 0 Å². The third-order valence-electron chi connectivity index (χ3n) is 4.69. The van der Waals surface area contributed by atoms with Crippen molar-refractivity contribution < 1.29 is 9.84 Å². The predicted molar refractivity (Wildman–Crippen MR) is 80.0 cm³/mol. The molecule has 2 N–H and O–H groups in total. The van der Waals surface area contributed by atoms with Crippen molar-refractivity contribution in [3.63, 3.8) is 0 Å². The molecule has 1 aliphatic carbocycles. The Hall–Kier alpha value is -1.06. The van der Waals surface area contributed by atoms with Gasteiger partial charge in [-0.15, -0.1) is 0 Å². The molecule has 110 valence electrons. The van der Waals surface area contributed by atoms with Crippen LogP contribution >= 0.6 is 0 Å². The second kappa shape index (κ2) is 5.05. The van der Waals surface area contributed by atoms with E-state index in [2.05, 4.69) is 37.4 Å². The normalized spacial score (nSPS) is 22.6. The summed E-state index contributed by atoms with van der Waals surface area (Å²) in [7, 11) is 0. The van der Waals surface area contributed by atoms with Crippen molar-refractivity contribution in [1.82, 2.24) is 5.32 Å². The van der Waals surface area contributed by atoms with Gasteiger partial charge in [-0.1, -0.05) is 31.0 Å². The molecule has 0 spiro atoms. The van der Waals surface area contributed by atoms with Gasteiger partial charge in [-0.25, -0.2) is 0 Å². The van der Waals surface area contributed by atoms with Crippen LogP contribution in [0.4, 0.5) is 0 Å². The first-order chi connectivity index (χ1) is 9.54. The molecule has 1 heterocycles. The van der Waals surface area contributed by atoms with E-state index < -0.39 is 0 Å². The first-order valence-corrected chi connectivity index (χ1v) is 7.69. The molecule has 0 atom stereocenters. The Bertz CT molecular complexity index is 490. The Labute approximate surface area is 121 Å². The zero-order chi connectivity index (χ0) is 14.2. The molecule has 1 fully saturated rings. The van der Waals surface area contributed by atoms with E-state index in [1.807, 2.05) is 0 Å². The highest BCUT2D eigenvalue weighted by Gasteiger charge is 2.34. The van der Waals surface area contributed by atoms with Gasteiger partial charge in [0.15, 0.2) is 0 Å². The molecule has 1 aromatic carbocycles. The summed E-state index contributed by atoms with van der Waals surface area (Å²) in [6.07, 6.45) is 5.55. The van der Waals surface area contributed by atoms with Crippen molar-refractivity contribution in [1.29, 1.82) is 0 Å². The van der Waals surface area contributed by atoms with Gasteiger partial charge >= 0.3 is 0 Å². The molecule has 1 aliphatic heterocycles. The minimum atomic E-state index is -0.0968. The van der Waals surface area contributed by atoms with Crippen molar-refractivity contribution in [3.8, 4) is 5.75 Å². The number of nitrogens with one attached hydrogen (secondary N) is 1. The van der Waals surface area contributed by atoms with Gasteiger partial charge in [-0.2, -0.15) is 0 Å². The number of hydrogen-bond donors (Lipinski definition) is 2. The van der Waals surface area contributed by atoms with Crippen LogP contribution in [0.25, 0.3) is 0 Å². The Kier molecular flexibility index (Phi) is 3.51. The highest BCUT2D eigenvalue weighted by atomic mass is 16.5. The summed E-state index contributed by atoms with van der Waals surface area (Å²) < 4.78 is 6.10. The SMILES string of the molecule is CC1(C)Cc2cccc(CNC3(CO)CCCC3)c2O1. The minimum absolute atomic E-state index is 0.0726. The molecule has 1 saturated carbocycles. The Morgan fingerprint density at radius 2 is 2.00 bits per heavy atom. The number of fused-ring (bicyclic) bond motifs is 1. The van der Waals surface area contributed by atoms with Gasteiger partial charge in [0.2, 0.25) is 0 Å². The zero-order valence-corrected chi connectivity index (χ0v) is 12.5. The molecule has 20 heavy (non-hydrogen) atoms. The van der Waals surface area contributed by atoms with Gasteiger partial charge in [-0.3, -0.25) is 0 Å². The standard InChI is InChI=1S/C17H25NO2/c1-16(2)10-13-6-5-7-14(15(13)20-16)11-18-17(12-19)8-3-4-9-17/h5-7,18-19H,3-4,8-12H2,1-2H3. The van der Waals surface area contributed by atoms with Crippen LogP contribution in [0.15, 0.2) is 18.2 Å². The van der Waals surface area contributed by atoms with E-state index in [-0.39, 0.29) is 17.7 Å². The van der Waals surface area contributed by atoms with Crippen molar-refractivity contribution in [2.45, 2.75) is 63.6 Å². The molecule has 3 heteroatoms. The maximum atomic E-state index is 9.68. The quantitative estimate of drug-likeness (QED) is 0.888. The lowest BCUT2D eigenvalue weighted by molar-refractivity contribution is 0.135. The predicted octanol–water partition coefficient (Wildman–Crippen LogP) is 2.79. The van der Waals surface area contributed by atoms with Crippen molar-refractivity contribution in [2.75, 3.05) is 6.61 Å². The third kappa shape index (κ3) is 2.57. The lowest BCUT2D eigenvalue weighted by atomic mass is 9.97. The summed E-state index contributed by atoms with van der Waals surface area (Å²) in [5, 5.41) is 13.3. The topological polar surface area (TPSA) is 41.5 Å². The molecule has 0 bridgehead atoms. The summed E-state index contributed by atoms with van der Waals surface area (Å²) in [6, 6.07) is 6.40. The highest BCUT2D eigenvalue weighted by molar-refractivity contribution is 5.45. The van der Waals surface area contributed by atoms with E-state index in [0.717, 1.165) is 31.6 Å². The minimum Gasteiger partial charge on any atom is -0.487 e. The summed E-state index contributed by atoms with van der Waals surface area (Å²) >= 11 is 0. The Morgan fingerprint density at radius 1 is 1.25 bits per heavy atom. The summed E-state index contributed by atoms with van der Waals surface area (Å²) in [6.45, 7) is 5.28. The van der Waals surface area contributed by atoms with Crippen molar-refractivity contribution in [3.05, 3.63) is 29.3 Å². The molecule has 0 aromatic heterocycles. The Morgan fingerprint density at radius 3 is 2.70 bits per heavy atom. The molecule has 3 nitrogen and oxygen atoms in total. The van der Waals surface area contributed by atoms with Gasteiger partial charge in [-0.05, 0) is 32.3 Å². The summed E-state index contributed by atoms with van der Waals surface area (Å²) in [5.41, 5.74) is 2.35. The molecule has 3 rings (SSSR count). The largest absolute Gasteiger partial charge is 0.487 e. The number of aliphatic hydroxyl groups is 1. The van der Waals surface area contributed by atoms with Crippen molar-refractivity contribution in [2.24, 2.45) is 0 Å². The van der Waals surface area contributed by atoms with E-state index in [0.29, 0.717) is 0 Å². The van der Waals surface area contributed by atoms with E-state index in [9.17, 15) is 5.11 Å². The van der Waals surface area contributed by atoms with Gasteiger partial charge in [0.1, 0.15) is 11.4 Å². The molecule has 0 amide bonds. The maximum absolute atomic E-state index is 9.68.